The molecule has 0 N–H and O–H groups in total. The van der Waals surface area contributed by atoms with E-state index in [1.165, 1.54) is 12.1 Å². The highest BCUT2D eigenvalue weighted by atomic mass is 32.2. The van der Waals surface area contributed by atoms with Gasteiger partial charge < -0.3 is 9.64 Å². The number of anilines is 1. The van der Waals surface area contributed by atoms with Crippen LogP contribution in [0.4, 0.5) is 10.1 Å². The van der Waals surface area contributed by atoms with E-state index in [9.17, 15) is 9.18 Å². The maximum atomic E-state index is 13.3. The van der Waals surface area contributed by atoms with Gasteiger partial charge in [0.2, 0.25) is 6.41 Å². The lowest BCUT2D eigenvalue weighted by Gasteiger charge is -2.22. The second-order valence-electron chi connectivity index (χ2n) is 6.49. The maximum absolute atomic E-state index is 13.3. The molecule has 3 aromatic carbocycles. The van der Waals surface area contributed by atoms with Gasteiger partial charge >= 0.3 is 0 Å². The van der Waals surface area contributed by atoms with E-state index in [1.54, 1.807) is 28.8 Å². The van der Waals surface area contributed by atoms with E-state index in [4.69, 9.17) is 4.74 Å². The summed E-state index contributed by atoms with van der Waals surface area (Å²) >= 11 is 1.63. The first-order valence-electron chi connectivity index (χ1n) is 9.56. The standard InChI is InChI=1S/C24H24FNO2S/c1-2-28-23(20-12-14-21(25)15-13-20)17-29-24-11-7-6-10-22(24)26(18-27)16-19-8-4-3-5-9-19/h3-15,18,23H,2,16-17H2,1H3. The van der Waals surface area contributed by atoms with Crippen molar-refractivity contribution in [2.24, 2.45) is 0 Å². The molecule has 0 fully saturated rings. The minimum absolute atomic E-state index is 0.155. The van der Waals surface area contributed by atoms with Gasteiger partial charge in [-0.1, -0.05) is 54.6 Å². The van der Waals surface area contributed by atoms with Crippen LogP contribution in [0.15, 0.2) is 83.8 Å². The zero-order chi connectivity index (χ0) is 20.5. The van der Waals surface area contributed by atoms with E-state index in [1.807, 2.05) is 61.5 Å². The fourth-order valence-electron chi connectivity index (χ4n) is 3.06. The second kappa shape index (κ2) is 10.8. The molecule has 0 aromatic heterocycles. The number of benzene rings is 3. The molecule has 0 spiro atoms. The first kappa shape index (κ1) is 21.1. The molecule has 0 aliphatic rings. The van der Waals surface area contributed by atoms with Crippen molar-refractivity contribution >= 4 is 23.9 Å². The summed E-state index contributed by atoms with van der Waals surface area (Å²) in [5, 5.41) is 0. The summed E-state index contributed by atoms with van der Waals surface area (Å²) in [5.74, 6) is 0.402. The van der Waals surface area contributed by atoms with Gasteiger partial charge in [0.15, 0.2) is 0 Å². The van der Waals surface area contributed by atoms with Crippen LogP contribution < -0.4 is 4.90 Å². The quantitative estimate of drug-likeness (QED) is 0.310. The number of thioether (sulfide) groups is 1. The third-order valence-electron chi connectivity index (χ3n) is 4.50. The predicted molar refractivity (Wildman–Crippen MR) is 117 cm³/mol. The molecule has 5 heteroatoms. The molecule has 0 aliphatic carbocycles. The first-order valence-corrected chi connectivity index (χ1v) is 10.5. The van der Waals surface area contributed by atoms with Gasteiger partial charge in [-0.25, -0.2) is 4.39 Å². The van der Waals surface area contributed by atoms with Gasteiger partial charge in [-0.3, -0.25) is 4.79 Å². The van der Waals surface area contributed by atoms with Crippen molar-refractivity contribution in [3.63, 3.8) is 0 Å². The molecule has 1 unspecified atom stereocenters. The Balaban J connectivity index is 1.76. The summed E-state index contributed by atoms with van der Waals surface area (Å²) in [6.45, 7) is 3.02. The molecular weight excluding hydrogens is 385 g/mol. The lowest BCUT2D eigenvalue weighted by Crippen LogP contribution is -2.21. The van der Waals surface area contributed by atoms with Gasteiger partial charge in [0, 0.05) is 17.3 Å². The number of halogens is 1. The van der Waals surface area contributed by atoms with Gasteiger partial charge in [0.05, 0.1) is 18.3 Å². The average molecular weight is 410 g/mol. The van der Waals surface area contributed by atoms with Crippen LogP contribution in [0.5, 0.6) is 0 Å². The fourth-order valence-corrected chi connectivity index (χ4v) is 4.19. The minimum Gasteiger partial charge on any atom is -0.373 e. The Morgan fingerprint density at radius 2 is 1.69 bits per heavy atom. The first-order chi connectivity index (χ1) is 14.2. The number of carbonyl (C=O) groups is 1. The monoisotopic (exact) mass is 409 g/mol. The zero-order valence-electron chi connectivity index (χ0n) is 16.3. The van der Waals surface area contributed by atoms with E-state index in [2.05, 4.69) is 0 Å². The van der Waals surface area contributed by atoms with Crippen molar-refractivity contribution in [2.45, 2.75) is 24.5 Å². The lowest BCUT2D eigenvalue weighted by molar-refractivity contribution is -0.107. The summed E-state index contributed by atoms with van der Waals surface area (Å²) in [6, 6.07) is 24.2. The topological polar surface area (TPSA) is 29.5 Å². The molecule has 3 aromatic rings. The van der Waals surface area contributed by atoms with Crippen molar-refractivity contribution in [3.05, 3.63) is 95.8 Å². The van der Waals surface area contributed by atoms with Crippen LogP contribution in [0.2, 0.25) is 0 Å². The van der Waals surface area contributed by atoms with Crippen LogP contribution in [-0.4, -0.2) is 18.8 Å². The molecule has 0 bridgehead atoms. The maximum Gasteiger partial charge on any atom is 0.214 e. The van der Waals surface area contributed by atoms with Crippen LogP contribution in [0.1, 0.15) is 24.2 Å². The normalized spacial score (nSPS) is 11.8. The molecule has 150 valence electrons. The minimum atomic E-state index is -0.260. The highest BCUT2D eigenvalue weighted by Gasteiger charge is 2.16. The number of hydrogen-bond acceptors (Lipinski definition) is 3. The Labute approximate surface area is 175 Å². The van der Waals surface area contributed by atoms with Crippen LogP contribution in [0.3, 0.4) is 0 Å². The highest BCUT2D eigenvalue weighted by molar-refractivity contribution is 7.99. The number of para-hydroxylation sites is 1. The smallest absolute Gasteiger partial charge is 0.214 e. The molecule has 1 atom stereocenters. The van der Waals surface area contributed by atoms with E-state index in [0.29, 0.717) is 18.9 Å². The van der Waals surface area contributed by atoms with Crippen LogP contribution in [0.25, 0.3) is 0 Å². The molecule has 0 saturated heterocycles. The molecule has 0 saturated carbocycles. The molecule has 3 rings (SSSR count). The van der Waals surface area contributed by atoms with Gasteiger partial charge in [0.25, 0.3) is 0 Å². The van der Waals surface area contributed by atoms with Crippen molar-refractivity contribution < 1.29 is 13.9 Å². The third-order valence-corrected chi connectivity index (χ3v) is 5.62. The van der Waals surface area contributed by atoms with E-state index < -0.39 is 0 Å². The molecule has 0 radical (unpaired) electrons. The molecule has 0 aliphatic heterocycles. The Morgan fingerprint density at radius 3 is 2.38 bits per heavy atom. The Kier molecular flexibility index (Phi) is 7.85. The lowest BCUT2D eigenvalue weighted by atomic mass is 10.1. The summed E-state index contributed by atoms with van der Waals surface area (Å²) in [7, 11) is 0. The van der Waals surface area contributed by atoms with Gasteiger partial charge in [0.1, 0.15) is 5.82 Å². The SMILES string of the molecule is CCOC(CSc1ccccc1N(C=O)Cc1ccccc1)c1ccc(F)cc1. The average Bonchev–Trinajstić information content (AvgIpc) is 2.77. The molecule has 3 nitrogen and oxygen atoms in total. The van der Waals surface area contributed by atoms with Crippen molar-refractivity contribution in [3.8, 4) is 0 Å². The summed E-state index contributed by atoms with van der Waals surface area (Å²) in [4.78, 5) is 14.5. The number of carbonyl (C=O) groups excluding carboxylic acids is 1. The second-order valence-corrected chi connectivity index (χ2v) is 7.56. The van der Waals surface area contributed by atoms with Crippen molar-refractivity contribution in [1.82, 2.24) is 0 Å². The zero-order valence-corrected chi connectivity index (χ0v) is 17.1. The van der Waals surface area contributed by atoms with Crippen LogP contribution in [-0.2, 0) is 16.1 Å². The molecule has 0 heterocycles. The summed E-state index contributed by atoms with van der Waals surface area (Å²) in [5.41, 5.74) is 2.87. The van der Waals surface area contributed by atoms with Crippen LogP contribution in [0, 0.1) is 5.82 Å². The molecule has 29 heavy (non-hydrogen) atoms. The molecule has 1 amide bonds. The van der Waals surface area contributed by atoms with Crippen molar-refractivity contribution in [2.75, 3.05) is 17.3 Å². The Morgan fingerprint density at radius 1 is 1.00 bits per heavy atom. The number of hydrogen-bond donors (Lipinski definition) is 0. The predicted octanol–water partition coefficient (Wildman–Crippen LogP) is 5.86. The number of nitrogens with zero attached hydrogens (tertiary/aromatic N) is 1. The number of rotatable bonds is 10. The van der Waals surface area contributed by atoms with Gasteiger partial charge in [-0.15, -0.1) is 11.8 Å². The van der Waals surface area contributed by atoms with Crippen molar-refractivity contribution in [1.29, 1.82) is 0 Å². The Hall–Kier alpha value is -2.63. The van der Waals surface area contributed by atoms with Gasteiger partial charge in [-0.05, 0) is 42.3 Å². The molecular formula is C24H24FNO2S. The Bertz CT molecular complexity index is 902. The highest BCUT2D eigenvalue weighted by Crippen LogP contribution is 2.34. The summed E-state index contributed by atoms with van der Waals surface area (Å²) in [6.07, 6.45) is 0.712. The summed E-state index contributed by atoms with van der Waals surface area (Å²) < 4.78 is 19.1. The third kappa shape index (κ3) is 5.92. The van der Waals surface area contributed by atoms with Gasteiger partial charge in [-0.2, -0.15) is 0 Å². The van der Waals surface area contributed by atoms with Crippen LogP contribution >= 0.6 is 11.8 Å². The van der Waals surface area contributed by atoms with E-state index >= 15 is 0 Å². The number of amides is 1. The fraction of sp³-hybridized carbons (Fsp3) is 0.208. The number of ether oxygens (including phenoxy) is 1. The van der Waals surface area contributed by atoms with E-state index in [-0.39, 0.29) is 11.9 Å². The largest absolute Gasteiger partial charge is 0.373 e. The van der Waals surface area contributed by atoms with E-state index in [0.717, 1.165) is 28.1 Å².